The third-order valence-corrected chi connectivity index (χ3v) is 3.28. The summed E-state index contributed by atoms with van der Waals surface area (Å²) in [7, 11) is 0. The van der Waals surface area contributed by atoms with Crippen molar-refractivity contribution in [2.24, 2.45) is 0 Å². The first-order valence-corrected chi connectivity index (χ1v) is 6.59. The van der Waals surface area contributed by atoms with Gasteiger partial charge in [-0.3, -0.25) is 0 Å². The quantitative estimate of drug-likeness (QED) is 0.664. The molecule has 0 unspecified atom stereocenters. The fourth-order valence-electron chi connectivity index (χ4n) is 1.63. The summed E-state index contributed by atoms with van der Waals surface area (Å²) in [5.41, 5.74) is 2.70. The first kappa shape index (κ1) is 10.9. The Morgan fingerprint density at radius 1 is 0.824 bits per heavy atom. The lowest BCUT2D eigenvalue weighted by Gasteiger charge is -2.01. The molecule has 17 heavy (non-hydrogen) atoms. The Hall–Kier alpha value is -1.20. The van der Waals surface area contributed by atoms with Crippen LogP contribution in [0, 0.1) is 0 Å². The zero-order valence-corrected chi connectivity index (χ0v) is 11.8. The minimum Gasteiger partial charge on any atom is -0.150 e. The third kappa shape index (κ3) is 2.12. The van der Waals surface area contributed by atoms with E-state index in [-0.39, 0.29) is 0 Å². The van der Waals surface area contributed by atoms with Gasteiger partial charge in [0.05, 0.1) is 5.69 Å². The molecule has 0 fully saturated rings. The van der Waals surface area contributed by atoms with Gasteiger partial charge in [0, 0.05) is 8.95 Å². The summed E-state index contributed by atoms with van der Waals surface area (Å²) in [6, 6.07) is 13.7. The Morgan fingerprint density at radius 2 is 1.35 bits per heavy atom. The van der Waals surface area contributed by atoms with Gasteiger partial charge in [-0.15, -0.1) is 10.2 Å². The molecule has 0 saturated carbocycles. The largest absolute Gasteiger partial charge is 0.150 e. The maximum atomic E-state index is 4.43. The van der Waals surface area contributed by atoms with Crippen LogP contribution in [0.2, 0.25) is 0 Å². The summed E-state index contributed by atoms with van der Waals surface area (Å²) in [4.78, 5) is 1.64. The van der Waals surface area contributed by atoms with E-state index in [1.165, 1.54) is 0 Å². The molecule has 0 amide bonds. The van der Waals surface area contributed by atoms with Gasteiger partial charge in [-0.1, -0.05) is 44.0 Å². The minimum absolute atomic E-state index is 0.892. The number of hydrogen-bond acceptors (Lipinski definition) is 2. The van der Waals surface area contributed by atoms with Crippen molar-refractivity contribution in [2.45, 2.75) is 0 Å². The Bertz CT molecular complexity index is 638. The predicted molar refractivity (Wildman–Crippen MR) is 74.3 cm³/mol. The van der Waals surface area contributed by atoms with Crippen LogP contribution in [0.5, 0.6) is 0 Å². The number of fused-ring (bicyclic) bond motifs is 1. The number of nitrogens with zero attached hydrogens (tertiary/aromatic N) is 3. The van der Waals surface area contributed by atoms with Gasteiger partial charge < -0.3 is 0 Å². The van der Waals surface area contributed by atoms with Crippen molar-refractivity contribution in [1.29, 1.82) is 0 Å². The SMILES string of the molecule is Brc1cc(Br)cc(-n2nc3ccccc3n2)c1. The molecule has 1 heterocycles. The normalized spacial score (nSPS) is 10.9. The average Bonchev–Trinajstić information content (AvgIpc) is 2.71. The molecule has 0 saturated heterocycles. The lowest BCUT2D eigenvalue weighted by Crippen LogP contribution is -1.98. The first-order chi connectivity index (χ1) is 8.22. The molecular weight excluding hydrogens is 346 g/mol. The van der Waals surface area contributed by atoms with Crippen molar-refractivity contribution in [2.75, 3.05) is 0 Å². The van der Waals surface area contributed by atoms with E-state index in [0.717, 1.165) is 25.7 Å². The second kappa shape index (κ2) is 4.23. The molecule has 2 aromatic carbocycles. The Balaban J connectivity index is 2.20. The molecule has 3 aromatic rings. The van der Waals surface area contributed by atoms with Crippen molar-refractivity contribution >= 4 is 42.9 Å². The number of hydrogen-bond donors (Lipinski definition) is 0. The molecule has 0 N–H and O–H groups in total. The minimum atomic E-state index is 0.892. The van der Waals surface area contributed by atoms with Crippen LogP contribution in [0.15, 0.2) is 51.4 Å². The van der Waals surface area contributed by atoms with E-state index in [2.05, 4.69) is 42.1 Å². The van der Waals surface area contributed by atoms with Gasteiger partial charge in [0.25, 0.3) is 0 Å². The van der Waals surface area contributed by atoms with Gasteiger partial charge in [0.15, 0.2) is 0 Å². The van der Waals surface area contributed by atoms with Gasteiger partial charge in [-0.2, -0.15) is 4.80 Å². The molecule has 0 radical (unpaired) electrons. The van der Waals surface area contributed by atoms with Crippen LogP contribution < -0.4 is 0 Å². The molecule has 3 rings (SSSR count). The molecule has 0 atom stereocenters. The number of halogens is 2. The Kier molecular flexibility index (Phi) is 2.72. The summed E-state index contributed by atoms with van der Waals surface area (Å²) in [6.45, 7) is 0. The summed E-state index contributed by atoms with van der Waals surface area (Å²) in [5, 5.41) is 8.86. The lowest BCUT2D eigenvalue weighted by atomic mass is 10.3. The fourth-order valence-corrected chi connectivity index (χ4v) is 2.90. The van der Waals surface area contributed by atoms with Crippen LogP contribution in [0.1, 0.15) is 0 Å². The van der Waals surface area contributed by atoms with E-state index < -0.39 is 0 Å². The number of rotatable bonds is 1. The number of benzene rings is 2. The summed E-state index contributed by atoms with van der Waals surface area (Å²) in [5.74, 6) is 0. The summed E-state index contributed by atoms with van der Waals surface area (Å²) >= 11 is 6.91. The molecule has 0 aliphatic rings. The molecular formula is C12H7Br2N3. The summed E-state index contributed by atoms with van der Waals surface area (Å²) in [6.07, 6.45) is 0. The van der Waals surface area contributed by atoms with Gasteiger partial charge in [0.2, 0.25) is 0 Å². The van der Waals surface area contributed by atoms with Gasteiger partial charge in [0.1, 0.15) is 11.0 Å². The molecule has 5 heteroatoms. The molecule has 84 valence electrons. The van der Waals surface area contributed by atoms with Crippen molar-refractivity contribution in [1.82, 2.24) is 15.0 Å². The molecule has 0 spiro atoms. The van der Waals surface area contributed by atoms with Crippen LogP contribution >= 0.6 is 31.9 Å². The highest BCUT2D eigenvalue weighted by molar-refractivity contribution is 9.11. The zero-order valence-electron chi connectivity index (χ0n) is 8.64. The lowest BCUT2D eigenvalue weighted by molar-refractivity contribution is 0.764. The third-order valence-electron chi connectivity index (χ3n) is 2.36. The first-order valence-electron chi connectivity index (χ1n) is 5.01. The topological polar surface area (TPSA) is 30.7 Å². The molecule has 0 aliphatic carbocycles. The maximum Gasteiger partial charge on any atom is 0.113 e. The smallest absolute Gasteiger partial charge is 0.113 e. The van der Waals surface area contributed by atoms with E-state index in [0.29, 0.717) is 0 Å². The van der Waals surface area contributed by atoms with Crippen LogP contribution in [-0.4, -0.2) is 15.0 Å². The standard InChI is InChI=1S/C12H7Br2N3/c13-8-5-9(14)7-10(6-8)17-15-11-3-1-2-4-12(11)16-17/h1-7H. The highest BCUT2D eigenvalue weighted by Gasteiger charge is 2.05. The maximum absolute atomic E-state index is 4.43. The monoisotopic (exact) mass is 351 g/mol. The number of aromatic nitrogens is 3. The van der Waals surface area contributed by atoms with Gasteiger partial charge >= 0.3 is 0 Å². The molecule has 3 nitrogen and oxygen atoms in total. The Labute approximate surface area is 115 Å². The van der Waals surface area contributed by atoms with Gasteiger partial charge in [-0.25, -0.2) is 0 Å². The fraction of sp³-hybridized carbons (Fsp3) is 0. The second-order valence-corrected chi connectivity index (χ2v) is 5.44. The van der Waals surface area contributed by atoms with Crippen molar-refractivity contribution in [3.63, 3.8) is 0 Å². The van der Waals surface area contributed by atoms with E-state index in [1.54, 1.807) is 4.80 Å². The van der Waals surface area contributed by atoms with E-state index in [9.17, 15) is 0 Å². The predicted octanol–water partition coefficient (Wildman–Crippen LogP) is 3.95. The van der Waals surface area contributed by atoms with E-state index in [1.807, 2.05) is 42.5 Å². The van der Waals surface area contributed by atoms with Crippen LogP contribution in [0.25, 0.3) is 16.7 Å². The van der Waals surface area contributed by atoms with Crippen LogP contribution in [-0.2, 0) is 0 Å². The second-order valence-electron chi connectivity index (χ2n) is 3.61. The van der Waals surface area contributed by atoms with Gasteiger partial charge in [-0.05, 0) is 30.3 Å². The summed E-state index contributed by atoms with van der Waals surface area (Å²) < 4.78 is 1.98. The van der Waals surface area contributed by atoms with Crippen molar-refractivity contribution in [3.8, 4) is 5.69 Å². The highest BCUT2D eigenvalue weighted by Crippen LogP contribution is 2.22. The Morgan fingerprint density at radius 3 is 1.88 bits per heavy atom. The molecule has 0 aliphatic heterocycles. The van der Waals surface area contributed by atoms with Crippen molar-refractivity contribution in [3.05, 3.63) is 51.4 Å². The van der Waals surface area contributed by atoms with Crippen LogP contribution in [0.3, 0.4) is 0 Å². The van der Waals surface area contributed by atoms with Crippen molar-refractivity contribution < 1.29 is 0 Å². The zero-order chi connectivity index (χ0) is 11.8. The molecule has 1 aromatic heterocycles. The highest BCUT2D eigenvalue weighted by atomic mass is 79.9. The van der Waals surface area contributed by atoms with E-state index >= 15 is 0 Å². The van der Waals surface area contributed by atoms with E-state index in [4.69, 9.17) is 0 Å². The average molecular weight is 353 g/mol. The van der Waals surface area contributed by atoms with Crippen LogP contribution in [0.4, 0.5) is 0 Å². The molecule has 0 bridgehead atoms.